The number of anilines is 2. The molecule has 4 N–H and O–H groups in total. The molecule has 2 heterocycles. The standard InChI is InChI=1S/C13H12N4O2/c14-12-8(3-1-5-16-12)10(18)7-11(19)9-4-2-6-17-13(9)15/h1-6H,7H2,(H2,14,16)(H2,15,17). The van der Waals surface area contributed by atoms with Gasteiger partial charge in [-0.2, -0.15) is 0 Å². The highest BCUT2D eigenvalue weighted by Crippen LogP contribution is 2.15. The molecule has 0 saturated heterocycles. The van der Waals surface area contributed by atoms with Crippen LogP contribution in [-0.4, -0.2) is 21.5 Å². The Labute approximate surface area is 109 Å². The van der Waals surface area contributed by atoms with Gasteiger partial charge in [0.15, 0.2) is 11.6 Å². The number of rotatable bonds is 4. The second-order valence-corrected chi connectivity index (χ2v) is 3.90. The van der Waals surface area contributed by atoms with Gasteiger partial charge in [-0.05, 0) is 24.3 Å². The van der Waals surface area contributed by atoms with E-state index >= 15 is 0 Å². The number of carbonyl (C=O) groups is 2. The van der Waals surface area contributed by atoms with Gasteiger partial charge in [-0.15, -0.1) is 0 Å². The number of aromatic nitrogens is 2. The molecular formula is C13H12N4O2. The summed E-state index contributed by atoms with van der Waals surface area (Å²) in [4.78, 5) is 31.5. The molecule has 0 unspecified atom stereocenters. The lowest BCUT2D eigenvalue weighted by molar-refractivity contribution is 0.0895. The Morgan fingerprint density at radius 1 is 0.895 bits per heavy atom. The van der Waals surface area contributed by atoms with Crippen molar-refractivity contribution in [1.82, 2.24) is 9.97 Å². The van der Waals surface area contributed by atoms with E-state index in [4.69, 9.17) is 11.5 Å². The molecule has 0 aromatic carbocycles. The summed E-state index contributed by atoms with van der Waals surface area (Å²) in [7, 11) is 0. The smallest absolute Gasteiger partial charge is 0.174 e. The minimum atomic E-state index is -0.390. The van der Waals surface area contributed by atoms with Gasteiger partial charge >= 0.3 is 0 Å². The number of Topliss-reactive ketones (excluding diaryl/α,β-unsaturated/α-hetero) is 2. The van der Waals surface area contributed by atoms with Gasteiger partial charge in [-0.3, -0.25) is 9.59 Å². The summed E-state index contributed by atoms with van der Waals surface area (Å²) in [5.41, 5.74) is 11.6. The number of nitrogen functional groups attached to an aromatic ring is 2. The third kappa shape index (κ3) is 2.74. The lowest BCUT2D eigenvalue weighted by Gasteiger charge is -2.04. The predicted molar refractivity (Wildman–Crippen MR) is 70.6 cm³/mol. The highest BCUT2D eigenvalue weighted by atomic mass is 16.1. The SMILES string of the molecule is Nc1ncccc1C(=O)CC(=O)c1cccnc1N. The van der Waals surface area contributed by atoms with E-state index in [2.05, 4.69) is 9.97 Å². The molecule has 6 nitrogen and oxygen atoms in total. The Balaban J connectivity index is 2.19. The van der Waals surface area contributed by atoms with E-state index in [0.717, 1.165) is 0 Å². The molecule has 0 atom stereocenters. The number of nitrogens with two attached hydrogens (primary N) is 2. The van der Waals surface area contributed by atoms with Crippen LogP contribution in [0.4, 0.5) is 11.6 Å². The van der Waals surface area contributed by atoms with E-state index in [-0.39, 0.29) is 40.7 Å². The first kappa shape index (κ1) is 12.7. The lowest BCUT2D eigenvalue weighted by atomic mass is 10.0. The molecule has 0 fully saturated rings. The monoisotopic (exact) mass is 256 g/mol. The third-order valence-corrected chi connectivity index (χ3v) is 2.60. The number of carbonyl (C=O) groups excluding carboxylic acids is 2. The van der Waals surface area contributed by atoms with Gasteiger partial charge in [0.1, 0.15) is 11.6 Å². The first-order valence-electron chi connectivity index (χ1n) is 5.57. The van der Waals surface area contributed by atoms with Crippen LogP contribution in [0.2, 0.25) is 0 Å². The first-order chi connectivity index (χ1) is 9.09. The third-order valence-electron chi connectivity index (χ3n) is 2.60. The van der Waals surface area contributed by atoms with Crippen LogP contribution in [0.15, 0.2) is 36.7 Å². The maximum atomic E-state index is 12.0. The van der Waals surface area contributed by atoms with Crippen LogP contribution in [-0.2, 0) is 0 Å². The molecule has 0 aliphatic heterocycles. The van der Waals surface area contributed by atoms with E-state index in [1.807, 2.05) is 0 Å². The van der Waals surface area contributed by atoms with Gasteiger partial charge in [0.05, 0.1) is 17.5 Å². The quantitative estimate of drug-likeness (QED) is 0.625. The zero-order valence-corrected chi connectivity index (χ0v) is 10.0. The summed E-state index contributed by atoms with van der Waals surface area (Å²) >= 11 is 0. The minimum absolute atomic E-state index is 0.111. The van der Waals surface area contributed by atoms with Gasteiger partial charge in [0, 0.05) is 12.4 Å². The fraction of sp³-hybridized carbons (Fsp3) is 0.0769. The number of hydrogen-bond donors (Lipinski definition) is 2. The molecule has 0 radical (unpaired) electrons. The topological polar surface area (TPSA) is 112 Å². The average molecular weight is 256 g/mol. The van der Waals surface area contributed by atoms with Crippen molar-refractivity contribution in [3.63, 3.8) is 0 Å². The van der Waals surface area contributed by atoms with Gasteiger partial charge in [-0.25, -0.2) is 9.97 Å². The van der Waals surface area contributed by atoms with Gasteiger partial charge in [0.25, 0.3) is 0 Å². The molecule has 0 aliphatic rings. The molecule has 0 bridgehead atoms. The molecular weight excluding hydrogens is 244 g/mol. The zero-order chi connectivity index (χ0) is 13.8. The van der Waals surface area contributed by atoms with Crippen LogP contribution in [0.3, 0.4) is 0 Å². The van der Waals surface area contributed by atoms with Gasteiger partial charge in [-0.1, -0.05) is 0 Å². The second kappa shape index (κ2) is 5.26. The van der Waals surface area contributed by atoms with Crippen LogP contribution in [0, 0.1) is 0 Å². The molecule has 19 heavy (non-hydrogen) atoms. The van der Waals surface area contributed by atoms with E-state index in [1.54, 1.807) is 12.1 Å². The molecule has 0 aliphatic carbocycles. The fourth-order valence-electron chi connectivity index (χ4n) is 1.64. The van der Waals surface area contributed by atoms with Crippen molar-refractivity contribution in [2.24, 2.45) is 0 Å². The van der Waals surface area contributed by atoms with Crippen molar-refractivity contribution in [1.29, 1.82) is 0 Å². The summed E-state index contributed by atoms with van der Waals surface area (Å²) in [6.45, 7) is 0. The predicted octanol–water partition coefficient (Wildman–Crippen LogP) is 1.10. The first-order valence-corrected chi connectivity index (χ1v) is 5.57. The van der Waals surface area contributed by atoms with Crippen molar-refractivity contribution < 1.29 is 9.59 Å². The Morgan fingerprint density at radius 2 is 1.32 bits per heavy atom. The van der Waals surface area contributed by atoms with Crippen molar-refractivity contribution in [2.75, 3.05) is 11.5 Å². The van der Waals surface area contributed by atoms with Crippen molar-refractivity contribution >= 4 is 23.2 Å². The molecule has 0 amide bonds. The van der Waals surface area contributed by atoms with Gasteiger partial charge in [0.2, 0.25) is 0 Å². The van der Waals surface area contributed by atoms with Crippen LogP contribution >= 0.6 is 0 Å². The summed E-state index contributed by atoms with van der Waals surface area (Å²) in [5.74, 6) is -0.559. The Hall–Kier alpha value is -2.76. The second-order valence-electron chi connectivity index (χ2n) is 3.90. The average Bonchev–Trinajstić information content (AvgIpc) is 2.39. The molecule has 96 valence electrons. The van der Waals surface area contributed by atoms with Crippen LogP contribution in [0.25, 0.3) is 0 Å². The molecule has 2 aromatic heterocycles. The minimum Gasteiger partial charge on any atom is -0.383 e. The highest BCUT2D eigenvalue weighted by Gasteiger charge is 2.17. The Bertz CT molecular complexity index is 585. The maximum Gasteiger partial charge on any atom is 0.174 e. The normalized spacial score (nSPS) is 10.1. The van der Waals surface area contributed by atoms with E-state index in [1.165, 1.54) is 24.5 Å². The molecule has 6 heteroatoms. The molecule has 0 spiro atoms. The largest absolute Gasteiger partial charge is 0.383 e. The number of ketones is 2. The van der Waals surface area contributed by atoms with Gasteiger partial charge < -0.3 is 11.5 Å². The summed E-state index contributed by atoms with van der Waals surface area (Å²) in [6.07, 6.45) is 2.64. The van der Waals surface area contributed by atoms with Crippen LogP contribution < -0.4 is 11.5 Å². The number of pyridine rings is 2. The molecule has 2 aromatic rings. The van der Waals surface area contributed by atoms with E-state index in [0.29, 0.717) is 0 Å². The summed E-state index contributed by atoms with van der Waals surface area (Å²) < 4.78 is 0. The number of nitrogens with zero attached hydrogens (tertiary/aromatic N) is 2. The molecule has 0 saturated carbocycles. The number of hydrogen-bond acceptors (Lipinski definition) is 6. The summed E-state index contributed by atoms with van der Waals surface area (Å²) in [5, 5.41) is 0. The maximum absolute atomic E-state index is 12.0. The Kier molecular flexibility index (Phi) is 3.51. The van der Waals surface area contributed by atoms with Crippen molar-refractivity contribution in [3.05, 3.63) is 47.8 Å². The zero-order valence-electron chi connectivity index (χ0n) is 10.0. The van der Waals surface area contributed by atoms with Crippen molar-refractivity contribution in [3.8, 4) is 0 Å². The fourth-order valence-corrected chi connectivity index (χ4v) is 1.64. The van der Waals surface area contributed by atoms with Crippen molar-refractivity contribution in [2.45, 2.75) is 6.42 Å². The Morgan fingerprint density at radius 3 is 1.68 bits per heavy atom. The highest BCUT2D eigenvalue weighted by molar-refractivity contribution is 6.16. The van der Waals surface area contributed by atoms with E-state index in [9.17, 15) is 9.59 Å². The van der Waals surface area contributed by atoms with E-state index < -0.39 is 0 Å². The van der Waals surface area contributed by atoms with Crippen LogP contribution in [0.1, 0.15) is 27.1 Å². The summed E-state index contributed by atoms with van der Waals surface area (Å²) in [6, 6.07) is 6.24. The lowest BCUT2D eigenvalue weighted by Crippen LogP contribution is -2.13. The van der Waals surface area contributed by atoms with Crippen LogP contribution in [0.5, 0.6) is 0 Å². The molecule has 2 rings (SSSR count).